The Kier molecular flexibility index (Phi) is 5.07. The van der Waals surface area contributed by atoms with Crippen molar-refractivity contribution in [2.75, 3.05) is 13.8 Å². The van der Waals surface area contributed by atoms with Crippen LogP contribution in [-0.2, 0) is 9.59 Å². The molecule has 1 aliphatic heterocycles. The van der Waals surface area contributed by atoms with E-state index in [4.69, 9.17) is 10.5 Å². The second-order valence-electron chi connectivity index (χ2n) is 4.84. The Labute approximate surface area is 132 Å². The second kappa shape index (κ2) is 7.01. The van der Waals surface area contributed by atoms with Gasteiger partial charge in [0.1, 0.15) is 24.8 Å². The van der Waals surface area contributed by atoms with E-state index in [-0.39, 0.29) is 36.4 Å². The van der Waals surface area contributed by atoms with Crippen LogP contribution in [0, 0.1) is 0 Å². The van der Waals surface area contributed by atoms with Crippen molar-refractivity contribution in [2.24, 2.45) is 5.73 Å². The highest BCUT2D eigenvalue weighted by atomic mass is 16.5. The van der Waals surface area contributed by atoms with Crippen LogP contribution in [0.15, 0.2) is 18.2 Å². The van der Waals surface area contributed by atoms with E-state index in [1.165, 1.54) is 19.2 Å². The summed E-state index contributed by atoms with van der Waals surface area (Å²) >= 11 is 0. The lowest BCUT2D eigenvalue weighted by atomic mass is 10.1. The van der Waals surface area contributed by atoms with Gasteiger partial charge in [-0.1, -0.05) is 6.07 Å². The predicted molar refractivity (Wildman–Crippen MR) is 79.8 cm³/mol. The van der Waals surface area contributed by atoms with Crippen LogP contribution in [-0.4, -0.2) is 48.7 Å². The number of nitrogens with one attached hydrogen (secondary N) is 1. The summed E-state index contributed by atoms with van der Waals surface area (Å²) in [5.41, 5.74) is 5.57. The molecule has 122 valence electrons. The Hall–Kier alpha value is -2.74. The number of likely N-dealkylation sites (N-methyl/N-ethyl adjacent to an activating group) is 1. The van der Waals surface area contributed by atoms with Gasteiger partial charge >= 0.3 is 0 Å². The molecule has 23 heavy (non-hydrogen) atoms. The van der Waals surface area contributed by atoms with Gasteiger partial charge in [-0.2, -0.15) is 0 Å². The molecule has 0 spiro atoms. The minimum atomic E-state index is -1.05. The number of fused-ring (bicyclic) bond motifs is 1. The van der Waals surface area contributed by atoms with Gasteiger partial charge in [0.05, 0.1) is 11.1 Å². The number of carbonyl (C=O) groups is 4. The van der Waals surface area contributed by atoms with Crippen molar-refractivity contribution in [3.63, 3.8) is 0 Å². The molecule has 1 aliphatic rings. The molecule has 0 fully saturated rings. The third kappa shape index (κ3) is 2.93. The van der Waals surface area contributed by atoms with E-state index in [2.05, 4.69) is 5.32 Å². The van der Waals surface area contributed by atoms with E-state index in [0.29, 0.717) is 6.29 Å². The molecule has 0 saturated heterocycles. The monoisotopic (exact) mass is 319 g/mol. The molecule has 1 heterocycles. The molecular formula is C15H17N3O5. The Morgan fingerprint density at radius 3 is 2.74 bits per heavy atom. The summed E-state index contributed by atoms with van der Waals surface area (Å²) in [5, 5.41) is 2.41. The third-order valence-corrected chi connectivity index (χ3v) is 3.57. The summed E-state index contributed by atoms with van der Waals surface area (Å²) < 4.78 is 5.18. The summed E-state index contributed by atoms with van der Waals surface area (Å²) in [7, 11) is 1.40. The Balaban J connectivity index is 2.43. The van der Waals surface area contributed by atoms with Crippen LogP contribution in [0.2, 0.25) is 0 Å². The molecule has 0 saturated carbocycles. The number of hydrogen-bond donors (Lipinski definition) is 2. The van der Waals surface area contributed by atoms with Gasteiger partial charge < -0.3 is 14.8 Å². The lowest BCUT2D eigenvalue weighted by molar-refractivity contribution is -0.124. The van der Waals surface area contributed by atoms with E-state index in [1.807, 2.05) is 0 Å². The van der Waals surface area contributed by atoms with Crippen LogP contribution in [0.1, 0.15) is 33.6 Å². The first kappa shape index (κ1) is 16.6. The highest BCUT2D eigenvalue weighted by Gasteiger charge is 2.44. The number of amides is 3. The minimum absolute atomic E-state index is 0.0532. The molecule has 2 rings (SSSR count). The maximum atomic E-state index is 12.6. The highest BCUT2D eigenvalue weighted by molar-refractivity contribution is 6.24. The van der Waals surface area contributed by atoms with Gasteiger partial charge in [-0.15, -0.1) is 0 Å². The quantitative estimate of drug-likeness (QED) is 0.403. The molecule has 0 radical (unpaired) electrons. The lowest BCUT2D eigenvalue weighted by Crippen LogP contribution is -2.48. The average Bonchev–Trinajstić information content (AvgIpc) is 2.81. The topological polar surface area (TPSA) is 119 Å². The molecule has 0 aromatic heterocycles. The predicted octanol–water partition coefficient (Wildman–Crippen LogP) is -0.329. The van der Waals surface area contributed by atoms with Crippen molar-refractivity contribution in [1.82, 2.24) is 10.2 Å². The Morgan fingerprint density at radius 2 is 2.13 bits per heavy atom. The molecule has 3 amide bonds. The number of carbonyl (C=O) groups excluding carboxylic acids is 4. The normalized spacial score (nSPS) is 14.4. The van der Waals surface area contributed by atoms with Crippen molar-refractivity contribution >= 4 is 24.0 Å². The van der Waals surface area contributed by atoms with Gasteiger partial charge in [0.15, 0.2) is 0 Å². The van der Waals surface area contributed by atoms with Gasteiger partial charge in [-0.3, -0.25) is 25.0 Å². The third-order valence-electron chi connectivity index (χ3n) is 3.57. The van der Waals surface area contributed by atoms with Crippen molar-refractivity contribution in [3.8, 4) is 5.75 Å². The Bertz CT molecular complexity index is 659. The van der Waals surface area contributed by atoms with E-state index < -0.39 is 23.8 Å². The number of imide groups is 1. The number of ether oxygens (including phenoxy) is 1. The van der Waals surface area contributed by atoms with E-state index in [0.717, 1.165) is 4.90 Å². The van der Waals surface area contributed by atoms with Crippen molar-refractivity contribution in [2.45, 2.75) is 18.9 Å². The summed E-state index contributed by atoms with van der Waals surface area (Å²) in [5.74, 6) is -1.54. The van der Waals surface area contributed by atoms with E-state index >= 15 is 0 Å². The number of nitrogens with two attached hydrogens (primary N) is 1. The number of benzene rings is 1. The standard InChI is InChI=1S/C15H17N3O5/c1-17-13(20)10(5-3-7-19)18-14(21)9-4-2-6-11(23-8-16)12(9)15(18)22/h2,4,6-7,10H,3,5,8,16H2,1H3,(H,17,20). The molecule has 8 heteroatoms. The largest absolute Gasteiger partial charge is 0.478 e. The number of hydrogen-bond acceptors (Lipinski definition) is 6. The van der Waals surface area contributed by atoms with Crippen LogP contribution in [0.5, 0.6) is 5.75 Å². The smallest absolute Gasteiger partial charge is 0.266 e. The molecule has 1 atom stereocenters. The number of nitrogens with zero attached hydrogens (tertiary/aromatic N) is 1. The molecule has 0 bridgehead atoms. The molecular weight excluding hydrogens is 302 g/mol. The van der Waals surface area contributed by atoms with E-state index in [9.17, 15) is 19.2 Å². The van der Waals surface area contributed by atoms with Crippen LogP contribution >= 0.6 is 0 Å². The van der Waals surface area contributed by atoms with Crippen molar-refractivity contribution in [1.29, 1.82) is 0 Å². The SMILES string of the molecule is CNC(=O)C(CCC=O)N1C(=O)c2cccc(OCN)c2C1=O. The summed E-state index contributed by atoms with van der Waals surface area (Å²) in [6, 6.07) is 3.53. The summed E-state index contributed by atoms with van der Waals surface area (Å²) in [6.07, 6.45) is 0.746. The zero-order valence-electron chi connectivity index (χ0n) is 12.6. The number of aldehydes is 1. The molecule has 1 aromatic carbocycles. The maximum Gasteiger partial charge on any atom is 0.266 e. The summed E-state index contributed by atoms with van der Waals surface area (Å²) in [4.78, 5) is 48.7. The van der Waals surface area contributed by atoms with Crippen LogP contribution in [0.25, 0.3) is 0 Å². The molecule has 1 unspecified atom stereocenters. The zero-order valence-corrected chi connectivity index (χ0v) is 12.6. The first-order valence-electron chi connectivity index (χ1n) is 7.05. The molecule has 3 N–H and O–H groups in total. The van der Waals surface area contributed by atoms with Crippen LogP contribution < -0.4 is 15.8 Å². The summed E-state index contributed by atoms with van der Waals surface area (Å²) in [6.45, 7) is -0.151. The van der Waals surface area contributed by atoms with Gasteiger partial charge in [-0.05, 0) is 18.6 Å². The fourth-order valence-corrected chi connectivity index (χ4v) is 2.54. The van der Waals surface area contributed by atoms with Crippen molar-refractivity contribution < 1.29 is 23.9 Å². The molecule has 8 nitrogen and oxygen atoms in total. The Morgan fingerprint density at radius 1 is 1.39 bits per heavy atom. The lowest BCUT2D eigenvalue weighted by Gasteiger charge is -2.24. The van der Waals surface area contributed by atoms with Gasteiger partial charge in [-0.25, -0.2) is 0 Å². The fourth-order valence-electron chi connectivity index (χ4n) is 2.54. The van der Waals surface area contributed by atoms with Crippen LogP contribution in [0.3, 0.4) is 0 Å². The maximum absolute atomic E-state index is 12.6. The number of rotatable bonds is 7. The average molecular weight is 319 g/mol. The highest BCUT2D eigenvalue weighted by Crippen LogP contribution is 2.32. The minimum Gasteiger partial charge on any atom is -0.478 e. The first-order chi connectivity index (χ1) is 11.1. The zero-order chi connectivity index (χ0) is 17.0. The van der Waals surface area contributed by atoms with Crippen LogP contribution in [0.4, 0.5) is 0 Å². The molecule has 0 aliphatic carbocycles. The second-order valence-corrected chi connectivity index (χ2v) is 4.84. The molecule has 1 aromatic rings. The van der Waals surface area contributed by atoms with Gasteiger partial charge in [0, 0.05) is 13.5 Å². The van der Waals surface area contributed by atoms with Crippen molar-refractivity contribution in [3.05, 3.63) is 29.3 Å². The fraction of sp³-hybridized carbons (Fsp3) is 0.333. The van der Waals surface area contributed by atoms with Gasteiger partial charge in [0.25, 0.3) is 11.8 Å². The first-order valence-corrected chi connectivity index (χ1v) is 7.05. The van der Waals surface area contributed by atoms with E-state index in [1.54, 1.807) is 6.07 Å². The van der Waals surface area contributed by atoms with Gasteiger partial charge in [0.2, 0.25) is 5.91 Å².